The van der Waals surface area contributed by atoms with Gasteiger partial charge in [-0.2, -0.15) is 0 Å². The van der Waals surface area contributed by atoms with Gasteiger partial charge in [-0.25, -0.2) is 0 Å². The standard InChI is InChI=1S/C9H13NOS/c11-9-6-7-12-10(9)8-4-2-1-3-5-8/h6-8H,1-5H2. The Morgan fingerprint density at radius 1 is 1.33 bits per heavy atom. The molecule has 0 aromatic carbocycles. The summed E-state index contributed by atoms with van der Waals surface area (Å²) in [5.41, 5.74) is 0.187. The smallest absolute Gasteiger partial charge is 0.260 e. The molecule has 1 saturated carbocycles. The first-order chi connectivity index (χ1) is 5.88. The topological polar surface area (TPSA) is 22.0 Å². The van der Waals surface area contributed by atoms with Crippen LogP contribution in [0.5, 0.6) is 0 Å². The van der Waals surface area contributed by atoms with Crippen molar-refractivity contribution >= 4 is 11.5 Å². The molecule has 1 aromatic rings. The molecule has 0 N–H and O–H groups in total. The van der Waals surface area contributed by atoms with Crippen molar-refractivity contribution in [2.75, 3.05) is 0 Å². The predicted molar refractivity (Wildman–Crippen MR) is 50.7 cm³/mol. The summed E-state index contributed by atoms with van der Waals surface area (Å²) in [6, 6.07) is 2.17. The highest BCUT2D eigenvalue weighted by Gasteiger charge is 2.16. The Bertz CT molecular complexity index is 295. The van der Waals surface area contributed by atoms with E-state index in [1.54, 1.807) is 17.6 Å². The van der Waals surface area contributed by atoms with Gasteiger partial charge in [0.25, 0.3) is 5.56 Å². The maximum absolute atomic E-state index is 11.3. The minimum Gasteiger partial charge on any atom is -0.268 e. The summed E-state index contributed by atoms with van der Waals surface area (Å²) < 4.78 is 1.93. The zero-order chi connectivity index (χ0) is 8.39. The van der Waals surface area contributed by atoms with Crippen LogP contribution in [-0.4, -0.2) is 3.96 Å². The Kier molecular flexibility index (Phi) is 2.30. The van der Waals surface area contributed by atoms with Crippen LogP contribution in [0.15, 0.2) is 16.2 Å². The van der Waals surface area contributed by atoms with Crippen LogP contribution in [0, 0.1) is 0 Å². The van der Waals surface area contributed by atoms with Crippen LogP contribution in [0.3, 0.4) is 0 Å². The Balaban J connectivity index is 2.18. The summed E-state index contributed by atoms with van der Waals surface area (Å²) in [5, 5.41) is 1.89. The molecule has 66 valence electrons. The van der Waals surface area contributed by atoms with Gasteiger partial charge in [0.05, 0.1) is 0 Å². The van der Waals surface area contributed by atoms with Gasteiger partial charge in [0.2, 0.25) is 0 Å². The van der Waals surface area contributed by atoms with Gasteiger partial charge >= 0.3 is 0 Å². The molecule has 1 aliphatic rings. The quantitative estimate of drug-likeness (QED) is 0.655. The van der Waals surface area contributed by atoms with E-state index in [-0.39, 0.29) is 5.56 Å². The van der Waals surface area contributed by atoms with Gasteiger partial charge in [0.15, 0.2) is 0 Å². The summed E-state index contributed by atoms with van der Waals surface area (Å²) >= 11 is 1.56. The van der Waals surface area contributed by atoms with E-state index in [0.29, 0.717) is 6.04 Å². The molecule has 1 aromatic heterocycles. The van der Waals surface area contributed by atoms with Crippen LogP contribution in [0.25, 0.3) is 0 Å². The highest BCUT2D eigenvalue weighted by Crippen LogP contribution is 2.27. The van der Waals surface area contributed by atoms with Crippen molar-refractivity contribution in [1.29, 1.82) is 0 Å². The van der Waals surface area contributed by atoms with E-state index in [0.717, 1.165) is 0 Å². The van der Waals surface area contributed by atoms with E-state index >= 15 is 0 Å². The fourth-order valence-electron chi connectivity index (χ4n) is 1.86. The monoisotopic (exact) mass is 183 g/mol. The molecule has 0 amide bonds. The Morgan fingerprint density at radius 3 is 2.67 bits per heavy atom. The maximum atomic E-state index is 11.3. The average Bonchev–Trinajstić information content (AvgIpc) is 2.53. The Morgan fingerprint density at radius 2 is 2.08 bits per heavy atom. The lowest BCUT2D eigenvalue weighted by Gasteiger charge is -2.21. The maximum Gasteiger partial charge on any atom is 0.260 e. The van der Waals surface area contributed by atoms with Crippen LogP contribution >= 0.6 is 11.5 Å². The number of aromatic nitrogens is 1. The van der Waals surface area contributed by atoms with Crippen molar-refractivity contribution in [3.8, 4) is 0 Å². The second-order valence-electron chi connectivity index (χ2n) is 3.36. The lowest BCUT2D eigenvalue weighted by molar-refractivity contribution is 0.365. The van der Waals surface area contributed by atoms with Crippen molar-refractivity contribution in [3.05, 3.63) is 21.8 Å². The van der Waals surface area contributed by atoms with E-state index in [1.165, 1.54) is 32.1 Å². The Labute approximate surface area is 76.0 Å². The van der Waals surface area contributed by atoms with Gasteiger partial charge in [0.1, 0.15) is 0 Å². The van der Waals surface area contributed by atoms with Crippen LogP contribution in [-0.2, 0) is 0 Å². The molecule has 1 heterocycles. The summed E-state index contributed by atoms with van der Waals surface area (Å²) in [5.74, 6) is 0. The fourth-order valence-corrected chi connectivity index (χ4v) is 2.72. The lowest BCUT2D eigenvalue weighted by atomic mass is 9.96. The van der Waals surface area contributed by atoms with Crippen molar-refractivity contribution < 1.29 is 0 Å². The molecule has 0 bridgehead atoms. The first kappa shape index (κ1) is 8.05. The Hall–Kier alpha value is -0.570. The third-order valence-corrected chi connectivity index (χ3v) is 3.47. The third kappa shape index (κ3) is 1.46. The first-order valence-corrected chi connectivity index (χ1v) is 5.38. The second-order valence-corrected chi connectivity index (χ2v) is 4.24. The molecule has 2 rings (SSSR count). The second kappa shape index (κ2) is 3.44. The van der Waals surface area contributed by atoms with Gasteiger partial charge in [0, 0.05) is 17.5 Å². The lowest BCUT2D eigenvalue weighted by Crippen LogP contribution is -2.20. The fraction of sp³-hybridized carbons (Fsp3) is 0.667. The molecule has 0 radical (unpaired) electrons. The van der Waals surface area contributed by atoms with Crippen LogP contribution in [0.2, 0.25) is 0 Å². The largest absolute Gasteiger partial charge is 0.268 e. The molecule has 2 nitrogen and oxygen atoms in total. The molecule has 0 unspecified atom stereocenters. The number of hydrogen-bond donors (Lipinski definition) is 0. The highest BCUT2D eigenvalue weighted by molar-refractivity contribution is 7.04. The van der Waals surface area contributed by atoms with E-state index in [9.17, 15) is 4.79 Å². The van der Waals surface area contributed by atoms with Crippen molar-refractivity contribution in [2.24, 2.45) is 0 Å². The van der Waals surface area contributed by atoms with Gasteiger partial charge in [-0.05, 0) is 12.8 Å². The molecule has 0 saturated heterocycles. The molecule has 0 aliphatic heterocycles. The third-order valence-electron chi connectivity index (χ3n) is 2.51. The predicted octanol–water partition coefficient (Wildman–Crippen LogP) is 2.42. The van der Waals surface area contributed by atoms with Crippen LogP contribution in [0.4, 0.5) is 0 Å². The van der Waals surface area contributed by atoms with Gasteiger partial charge in [-0.3, -0.25) is 8.75 Å². The van der Waals surface area contributed by atoms with E-state index in [1.807, 2.05) is 9.34 Å². The SMILES string of the molecule is O=c1ccsn1C1CCCCC1. The molecule has 3 heteroatoms. The minimum atomic E-state index is 0.187. The number of hydrogen-bond acceptors (Lipinski definition) is 2. The van der Waals surface area contributed by atoms with Crippen LogP contribution in [0.1, 0.15) is 38.1 Å². The zero-order valence-electron chi connectivity index (χ0n) is 7.03. The van der Waals surface area contributed by atoms with Gasteiger partial charge < -0.3 is 0 Å². The summed E-state index contributed by atoms with van der Waals surface area (Å²) in [6.45, 7) is 0. The summed E-state index contributed by atoms with van der Waals surface area (Å²) in [7, 11) is 0. The summed E-state index contributed by atoms with van der Waals surface area (Å²) in [6.07, 6.45) is 6.31. The number of nitrogens with zero attached hydrogens (tertiary/aromatic N) is 1. The van der Waals surface area contributed by atoms with Crippen molar-refractivity contribution in [2.45, 2.75) is 38.1 Å². The molecule has 12 heavy (non-hydrogen) atoms. The van der Waals surface area contributed by atoms with Gasteiger partial charge in [-0.1, -0.05) is 30.8 Å². The summed E-state index contributed by atoms with van der Waals surface area (Å²) in [4.78, 5) is 11.3. The van der Waals surface area contributed by atoms with Gasteiger partial charge in [-0.15, -0.1) is 0 Å². The average molecular weight is 183 g/mol. The van der Waals surface area contributed by atoms with Crippen LogP contribution < -0.4 is 5.56 Å². The normalized spacial score (nSPS) is 19.7. The van der Waals surface area contributed by atoms with E-state index in [4.69, 9.17) is 0 Å². The molecular formula is C9H13NOS. The molecule has 0 atom stereocenters. The van der Waals surface area contributed by atoms with Crippen molar-refractivity contribution in [3.63, 3.8) is 0 Å². The zero-order valence-corrected chi connectivity index (χ0v) is 7.85. The number of rotatable bonds is 1. The first-order valence-electron chi connectivity index (χ1n) is 4.54. The minimum absolute atomic E-state index is 0.187. The molecule has 0 spiro atoms. The molecular weight excluding hydrogens is 170 g/mol. The van der Waals surface area contributed by atoms with E-state index < -0.39 is 0 Å². The van der Waals surface area contributed by atoms with Crippen molar-refractivity contribution in [1.82, 2.24) is 3.96 Å². The highest BCUT2D eigenvalue weighted by atomic mass is 32.1. The van der Waals surface area contributed by atoms with E-state index in [2.05, 4.69) is 0 Å². The molecule has 1 fully saturated rings. The molecule has 1 aliphatic carbocycles.